The molecule has 2 aliphatic rings. The molecular formula is C15H32B3O7P. The molecule has 0 N–H and O–H groups in total. The highest BCUT2D eigenvalue weighted by Crippen LogP contribution is 2.49. The Balaban J connectivity index is 1.91. The van der Waals surface area contributed by atoms with Gasteiger partial charge in [0.2, 0.25) is 0 Å². The Kier molecular flexibility index (Phi) is 8.29. The van der Waals surface area contributed by atoms with Crippen molar-refractivity contribution in [3.8, 4) is 0 Å². The molecule has 0 aliphatic carbocycles. The predicted octanol–water partition coefficient (Wildman–Crippen LogP) is -0.788. The van der Waals surface area contributed by atoms with Gasteiger partial charge >= 0.3 is 7.60 Å². The molecule has 0 aromatic carbocycles. The van der Waals surface area contributed by atoms with Gasteiger partial charge in [-0.2, -0.15) is 0 Å². The first-order valence-electron chi connectivity index (χ1n) is 9.47. The van der Waals surface area contributed by atoms with Crippen LogP contribution in [0.4, 0.5) is 0 Å². The van der Waals surface area contributed by atoms with E-state index in [1.807, 2.05) is 14.8 Å². The Hall–Kier alpha value is 0.185. The molecule has 0 amide bonds. The lowest BCUT2D eigenvalue weighted by Gasteiger charge is -2.26. The molecule has 3 unspecified atom stereocenters. The zero-order chi connectivity index (χ0) is 19.5. The van der Waals surface area contributed by atoms with Gasteiger partial charge in [-0.05, 0) is 0 Å². The van der Waals surface area contributed by atoms with Crippen molar-refractivity contribution in [2.45, 2.75) is 50.3 Å². The molecule has 0 bridgehead atoms. The molecule has 7 nitrogen and oxygen atoms in total. The fourth-order valence-corrected chi connectivity index (χ4v) is 5.34. The minimum absolute atomic E-state index is 0.0674. The topological polar surface area (TPSA) is 72.5 Å². The standard InChI is InChI=1S/C15H32B3O7P/c1-8-10(6-20-3)23-14(16)13(8)25-26(5,19)22-7-11-12(21-4)9(2)15(18-17)24-11/h8-15,18H,6-7,16-17H2,1-5H3/t8-,9?,10+,11+,12+,13?,14+,15+,26?/m0/s1. The van der Waals surface area contributed by atoms with Crippen molar-refractivity contribution in [2.75, 3.05) is 34.1 Å². The zero-order valence-electron chi connectivity index (χ0n) is 17.0. The van der Waals surface area contributed by atoms with Gasteiger partial charge in [0.25, 0.3) is 0 Å². The summed E-state index contributed by atoms with van der Waals surface area (Å²) in [6, 6.07) is -0.0373. The second-order valence-corrected chi connectivity index (χ2v) is 9.52. The molecule has 0 radical (unpaired) electrons. The van der Waals surface area contributed by atoms with E-state index in [0.717, 1.165) is 7.17 Å². The second kappa shape index (κ2) is 9.59. The van der Waals surface area contributed by atoms with Crippen molar-refractivity contribution in [1.29, 1.82) is 0 Å². The monoisotopic (exact) mass is 388 g/mol. The van der Waals surface area contributed by atoms with Gasteiger partial charge in [-0.1, -0.05) is 13.8 Å². The van der Waals surface area contributed by atoms with Gasteiger partial charge in [0.05, 0.1) is 45.3 Å². The van der Waals surface area contributed by atoms with Crippen LogP contribution in [0.5, 0.6) is 0 Å². The Morgan fingerprint density at radius 2 is 1.77 bits per heavy atom. The van der Waals surface area contributed by atoms with E-state index in [1.54, 1.807) is 14.2 Å². The predicted molar refractivity (Wildman–Crippen MR) is 107 cm³/mol. The van der Waals surface area contributed by atoms with Crippen LogP contribution in [-0.2, 0) is 32.6 Å². The third kappa shape index (κ3) is 5.16. The molecule has 0 saturated carbocycles. The molecule has 2 fully saturated rings. The van der Waals surface area contributed by atoms with E-state index in [0.29, 0.717) is 6.61 Å². The van der Waals surface area contributed by atoms with E-state index >= 15 is 0 Å². The van der Waals surface area contributed by atoms with Crippen molar-refractivity contribution in [3.05, 3.63) is 0 Å². The van der Waals surface area contributed by atoms with E-state index in [2.05, 4.69) is 14.7 Å². The SMILES string of the molecule is BB[C@@H]1O[C@H](COP(C)(=O)OC2[C@H](B)O[C@H](COC)[C@@H]2C)[C@H](OC)C1C. The normalized spacial score (nSPS) is 42.7. The lowest BCUT2D eigenvalue weighted by Crippen LogP contribution is -2.32. The first kappa shape index (κ1) is 22.5. The van der Waals surface area contributed by atoms with Gasteiger partial charge in [-0.15, -0.1) is 0 Å². The summed E-state index contributed by atoms with van der Waals surface area (Å²) >= 11 is 0. The van der Waals surface area contributed by atoms with Crippen LogP contribution in [0.1, 0.15) is 13.8 Å². The molecule has 26 heavy (non-hydrogen) atoms. The smallest absolute Gasteiger partial charge is 0.328 e. The van der Waals surface area contributed by atoms with Crippen LogP contribution in [0.3, 0.4) is 0 Å². The lowest BCUT2D eigenvalue weighted by atomic mass is 9.49. The first-order valence-corrected chi connectivity index (χ1v) is 11.5. The molecule has 0 spiro atoms. The Morgan fingerprint density at radius 3 is 2.35 bits per heavy atom. The summed E-state index contributed by atoms with van der Waals surface area (Å²) in [6.45, 7) is 6.31. The summed E-state index contributed by atoms with van der Waals surface area (Å²) in [5, 5.41) is 0. The quantitative estimate of drug-likeness (QED) is 0.379. The number of methoxy groups -OCH3 is 2. The van der Waals surface area contributed by atoms with Crippen molar-refractivity contribution in [3.63, 3.8) is 0 Å². The highest BCUT2D eigenvalue weighted by Gasteiger charge is 2.45. The minimum Gasteiger partial charge on any atom is -0.382 e. The van der Waals surface area contributed by atoms with Gasteiger partial charge in [-0.25, -0.2) is 0 Å². The second-order valence-electron chi connectivity index (χ2n) is 7.51. The van der Waals surface area contributed by atoms with E-state index in [1.165, 1.54) is 6.66 Å². The Labute approximate surface area is 159 Å². The van der Waals surface area contributed by atoms with Crippen molar-refractivity contribution < 1.29 is 32.6 Å². The van der Waals surface area contributed by atoms with Crippen LogP contribution in [0.2, 0.25) is 0 Å². The van der Waals surface area contributed by atoms with Crippen LogP contribution in [0, 0.1) is 11.8 Å². The van der Waals surface area contributed by atoms with Gasteiger partial charge < -0.3 is 28.0 Å². The average Bonchev–Trinajstić information content (AvgIpc) is 3.04. The van der Waals surface area contributed by atoms with E-state index in [-0.39, 0.29) is 54.9 Å². The molecule has 9 atom stereocenters. The van der Waals surface area contributed by atoms with Gasteiger partial charge in [0.1, 0.15) is 21.1 Å². The van der Waals surface area contributed by atoms with Crippen LogP contribution in [0.25, 0.3) is 0 Å². The summed E-state index contributed by atoms with van der Waals surface area (Å²) in [7, 11) is 4.98. The molecule has 2 saturated heterocycles. The Bertz CT molecular complexity index is 500. The molecule has 11 heteroatoms. The lowest BCUT2D eigenvalue weighted by molar-refractivity contribution is -0.0225. The average molecular weight is 388 g/mol. The fourth-order valence-electron chi connectivity index (χ4n) is 4.06. The summed E-state index contributed by atoms with van der Waals surface area (Å²) in [5.41, 5.74) is 0. The van der Waals surface area contributed by atoms with Crippen molar-refractivity contribution in [1.82, 2.24) is 0 Å². The largest absolute Gasteiger partial charge is 0.382 e. The molecular weight excluding hydrogens is 356 g/mol. The fraction of sp³-hybridized carbons (Fsp3) is 1.00. The maximum absolute atomic E-state index is 12.9. The maximum Gasteiger partial charge on any atom is 0.328 e. The van der Waals surface area contributed by atoms with Gasteiger partial charge in [0.15, 0.2) is 0 Å². The highest BCUT2D eigenvalue weighted by molar-refractivity contribution is 7.53. The van der Waals surface area contributed by atoms with Crippen molar-refractivity contribution in [2.24, 2.45) is 11.8 Å². The number of hydrogen-bond acceptors (Lipinski definition) is 7. The third-order valence-corrected chi connectivity index (χ3v) is 6.81. The van der Waals surface area contributed by atoms with Gasteiger partial charge in [-0.3, -0.25) is 4.57 Å². The zero-order valence-corrected chi connectivity index (χ0v) is 17.9. The third-order valence-electron chi connectivity index (χ3n) is 5.57. The van der Waals surface area contributed by atoms with Crippen molar-refractivity contribution >= 4 is 30.3 Å². The maximum atomic E-state index is 12.9. The molecule has 148 valence electrons. The summed E-state index contributed by atoms with van der Waals surface area (Å²) in [6.07, 6.45) is -0.676. The van der Waals surface area contributed by atoms with Crippen LogP contribution in [-0.4, -0.2) is 93.3 Å². The van der Waals surface area contributed by atoms with Crippen LogP contribution < -0.4 is 0 Å². The summed E-state index contributed by atoms with van der Waals surface area (Å²) in [5.74, 6) is 0.342. The van der Waals surface area contributed by atoms with E-state index in [9.17, 15) is 4.57 Å². The highest BCUT2D eigenvalue weighted by atomic mass is 31.2. The molecule has 2 aliphatic heterocycles. The van der Waals surface area contributed by atoms with E-state index in [4.69, 9.17) is 28.0 Å². The molecule has 2 heterocycles. The van der Waals surface area contributed by atoms with E-state index < -0.39 is 7.60 Å². The summed E-state index contributed by atoms with van der Waals surface area (Å²) in [4.78, 5) is 0. The molecule has 0 aromatic rings. The minimum atomic E-state index is -3.26. The first-order chi connectivity index (χ1) is 12.2. The van der Waals surface area contributed by atoms with Gasteiger partial charge in [0, 0.05) is 38.7 Å². The molecule has 0 aromatic heterocycles. The molecule has 2 rings (SSSR count). The number of rotatable bonds is 9. The van der Waals surface area contributed by atoms with Crippen LogP contribution in [0.15, 0.2) is 0 Å². The summed E-state index contributed by atoms with van der Waals surface area (Å²) < 4.78 is 47.1. The Morgan fingerprint density at radius 1 is 1.08 bits per heavy atom. The number of hydrogen-bond donors (Lipinski definition) is 0. The van der Waals surface area contributed by atoms with Crippen LogP contribution >= 0.6 is 7.60 Å². The number of ether oxygens (including phenoxy) is 4.